The molecular formula is C23H17ClN4O4. The van der Waals surface area contributed by atoms with Gasteiger partial charge in [-0.1, -0.05) is 48.0 Å². The van der Waals surface area contributed by atoms with Crippen LogP contribution in [0, 0.1) is 5.41 Å². The summed E-state index contributed by atoms with van der Waals surface area (Å²) in [6.07, 6.45) is 1.99. The molecule has 9 heteroatoms. The van der Waals surface area contributed by atoms with Crippen molar-refractivity contribution in [3.8, 4) is 11.5 Å². The number of aromatic nitrogens is 3. The van der Waals surface area contributed by atoms with Crippen LogP contribution in [0.3, 0.4) is 0 Å². The number of halogens is 1. The molecule has 0 bridgehead atoms. The number of nitrogens with one attached hydrogen (secondary N) is 1. The van der Waals surface area contributed by atoms with Gasteiger partial charge >= 0.3 is 11.3 Å². The monoisotopic (exact) mass is 448 g/mol. The van der Waals surface area contributed by atoms with Crippen LogP contribution in [0.5, 0.6) is 0 Å². The van der Waals surface area contributed by atoms with Crippen molar-refractivity contribution < 1.29 is 9.05 Å². The van der Waals surface area contributed by atoms with E-state index in [0.29, 0.717) is 22.7 Å². The SMILES string of the molecule is N=c1n(-c2ccc(Cl)cc2)oc(=O)ccc(=O)on1-c1ncccc1Cc1ccccc1. The second kappa shape index (κ2) is 9.32. The molecule has 2 aromatic carbocycles. The fourth-order valence-corrected chi connectivity index (χ4v) is 3.13. The standard InChI is InChI=1S/C23H17ClN4O4/c24-18-8-10-19(11-9-18)27-23(25)28(32-21(30)13-12-20(29)31-27)22-17(7-4-14-26-22)15-16-5-2-1-3-6-16/h1-14,25H,15H2. The molecule has 8 nitrogen and oxygen atoms in total. The zero-order chi connectivity index (χ0) is 22.5. The highest BCUT2D eigenvalue weighted by molar-refractivity contribution is 6.30. The molecule has 1 N–H and O–H groups in total. The van der Waals surface area contributed by atoms with E-state index in [0.717, 1.165) is 27.2 Å². The van der Waals surface area contributed by atoms with Crippen molar-refractivity contribution in [2.45, 2.75) is 6.42 Å². The summed E-state index contributed by atoms with van der Waals surface area (Å²) in [6, 6.07) is 21.4. The van der Waals surface area contributed by atoms with Crippen molar-refractivity contribution in [1.82, 2.24) is 14.5 Å². The Balaban J connectivity index is 2.02. The molecule has 0 amide bonds. The quantitative estimate of drug-likeness (QED) is 0.514. The van der Waals surface area contributed by atoms with Crippen molar-refractivity contribution in [3.63, 3.8) is 0 Å². The summed E-state index contributed by atoms with van der Waals surface area (Å²) < 4.78 is 12.6. The molecule has 2 aromatic heterocycles. The lowest BCUT2D eigenvalue weighted by molar-refractivity contribution is 0.232. The van der Waals surface area contributed by atoms with Crippen molar-refractivity contribution in [2.24, 2.45) is 0 Å². The van der Waals surface area contributed by atoms with Crippen LogP contribution in [0.2, 0.25) is 5.02 Å². The molecule has 0 fully saturated rings. The van der Waals surface area contributed by atoms with Crippen LogP contribution in [0.25, 0.3) is 11.5 Å². The van der Waals surface area contributed by atoms with Gasteiger partial charge in [-0.3, -0.25) is 5.41 Å². The second-order valence-corrected chi connectivity index (χ2v) is 7.13. The summed E-state index contributed by atoms with van der Waals surface area (Å²) in [7, 11) is 0. The van der Waals surface area contributed by atoms with E-state index in [-0.39, 0.29) is 5.82 Å². The zero-order valence-electron chi connectivity index (χ0n) is 16.6. The Morgan fingerprint density at radius 3 is 2.16 bits per heavy atom. The normalized spacial score (nSPS) is 10.5. The highest BCUT2D eigenvalue weighted by Gasteiger charge is 2.12. The van der Waals surface area contributed by atoms with Crippen LogP contribution in [0.15, 0.2) is 104 Å². The molecule has 0 unspecified atom stereocenters. The molecule has 4 aromatic rings. The van der Waals surface area contributed by atoms with Crippen molar-refractivity contribution in [3.05, 3.63) is 128 Å². The third-order valence-corrected chi connectivity index (χ3v) is 4.71. The summed E-state index contributed by atoms with van der Waals surface area (Å²) in [5.74, 6) is 0.208. The number of rotatable bonds is 4. The van der Waals surface area contributed by atoms with Gasteiger partial charge in [-0.2, -0.15) is 0 Å². The van der Waals surface area contributed by atoms with Crippen LogP contribution in [0.1, 0.15) is 11.1 Å². The Hall–Kier alpha value is -4.17. The minimum Gasteiger partial charge on any atom is -0.328 e. The molecule has 0 aliphatic carbocycles. The van der Waals surface area contributed by atoms with Gasteiger partial charge in [-0.05, 0) is 35.9 Å². The average Bonchev–Trinajstić information content (AvgIpc) is 2.86. The molecular weight excluding hydrogens is 432 g/mol. The number of benzene rings is 2. The van der Waals surface area contributed by atoms with E-state index >= 15 is 0 Å². The van der Waals surface area contributed by atoms with Gasteiger partial charge in [0.1, 0.15) is 0 Å². The fraction of sp³-hybridized carbons (Fsp3) is 0.0435. The minimum atomic E-state index is -0.860. The van der Waals surface area contributed by atoms with Crippen LogP contribution in [-0.2, 0) is 6.42 Å². The molecule has 160 valence electrons. The highest BCUT2D eigenvalue weighted by atomic mass is 35.5. The van der Waals surface area contributed by atoms with E-state index in [9.17, 15) is 9.59 Å². The van der Waals surface area contributed by atoms with E-state index in [1.54, 1.807) is 30.3 Å². The predicted molar refractivity (Wildman–Crippen MR) is 118 cm³/mol. The first-order chi connectivity index (χ1) is 15.5. The Bertz CT molecular complexity index is 1470. The Kier molecular flexibility index (Phi) is 6.14. The van der Waals surface area contributed by atoms with Gasteiger partial charge < -0.3 is 9.05 Å². The topological polar surface area (TPSA) is 107 Å². The maximum atomic E-state index is 12.3. The molecule has 0 saturated heterocycles. The van der Waals surface area contributed by atoms with Crippen molar-refractivity contribution in [1.29, 1.82) is 5.41 Å². The van der Waals surface area contributed by atoms with Gasteiger partial charge in [0.2, 0.25) is 0 Å². The number of hydrogen-bond donors (Lipinski definition) is 1. The first kappa shape index (κ1) is 21.1. The zero-order valence-corrected chi connectivity index (χ0v) is 17.4. The minimum absolute atomic E-state index is 0.208. The molecule has 0 saturated carbocycles. The first-order valence-electron chi connectivity index (χ1n) is 9.55. The molecule has 0 spiro atoms. The van der Waals surface area contributed by atoms with Crippen LogP contribution in [-0.4, -0.2) is 14.5 Å². The van der Waals surface area contributed by atoms with E-state index < -0.39 is 16.9 Å². The van der Waals surface area contributed by atoms with Gasteiger partial charge in [0.05, 0.1) is 5.69 Å². The van der Waals surface area contributed by atoms with Crippen molar-refractivity contribution in [2.75, 3.05) is 0 Å². The maximum absolute atomic E-state index is 12.3. The second-order valence-electron chi connectivity index (χ2n) is 6.69. The average molecular weight is 449 g/mol. The number of hydrogen-bond acceptors (Lipinski definition) is 6. The summed E-state index contributed by atoms with van der Waals surface area (Å²) in [5.41, 5.74) is -0.142. The summed E-state index contributed by atoms with van der Waals surface area (Å²) >= 11 is 5.96. The van der Waals surface area contributed by atoms with Gasteiger partial charge in [0.15, 0.2) is 5.82 Å². The third kappa shape index (κ3) is 4.76. The number of nitrogens with zero attached hydrogens (tertiary/aromatic N) is 3. The lowest BCUT2D eigenvalue weighted by Crippen LogP contribution is -2.29. The molecule has 2 heterocycles. The third-order valence-electron chi connectivity index (χ3n) is 4.46. The molecule has 0 aliphatic heterocycles. The van der Waals surface area contributed by atoms with Gasteiger partial charge in [-0.25, -0.2) is 14.6 Å². The highest BCUT2D eigenvalue weighted by Crippen LogP contribution is 2.15. The Morgan fingerprint density at radius 2 is 1.47 bits per heavy atom. The largest absolute Gasteiger partial charge is 0.356 e. The van der Waals surface area contributed by atoms with E-state index in [1.165, 1.54) is 6.20 Å². The molecule has 4 rings (SSSR count). The number of pyridine rings is 1. The molecule has 0 radical (unpaired) electrons. The molecule has 0 aliphatic rings. The Morgan fingerprint density at radius 1 is 0.812 bits per heavy atom. The van der Waals surface area contributed by atoms with Crippen LogP contribution < -0.4 is 16.9 Å². The smallest absolute Gasteiger partial charge is 0.328 e. The maximum Gasteiger partial charge on any atom is 0.356 e. The van der Waals surface area contributed by atoms with Crippen LogP contribution >= 0.6 is 11.6 Å². The molecule has 32 heavy (non-hydrogen) atoms. The van der Waals surface area contributed by atoms with E-state index in [4.69, 9.17) is 26.1 Å². The summed E-state index contributed by atoms with van der Waals surface area (Å²) in [6.45, 7) is 0. The van der Waals surface area contributed by atoms with Crippen LogP contribution in [0.4, 0.5) is 0 Å². The molecule has 0 atom stereocenters. The van der Waals surface area contributed by atoms with Gasteiger partial charge in [-0.15, -0.1) is 9.48 Å². The van der Waals surface area contributed by atoms with E-state index in [2.05, 4.69) is 4.98 Å². The summed E-state index contributed by atoms with van der Waals surface area (Å²) in [4.78, 5) is 28.8. The summed E-state index contributed by atoms with van der Waals surface area (Å²) in [5, 5.41) is 9.19. The Labute approximate surface area is 186 Å². The predicted octanol–water partition coefficient (Wildman–Crippen LogP) is 3.42. The lowest BCUT2D eigenvalue weighted by Gasteiger charge is -2.10. The van der Waals surface area contributed by atoms with Gasteiger partial charge in [0, 0.05) is 35.3 Å². The lowest BCUT2D eigenvalue weighted by atomic mass is 10.1. The first-order valence-corrected chi connectivity index (χ1v) is 9.93. The van der Waals surface area contributed by atoms with Gasteiger partial charge in [0.25, 0.3) is 5.62 Å². The van der Waals surface area contributed by atoms with Crippen molar-refractivity contribution >= 4 is 11.6 Å². The van der Waals surface area contributed by atoms with E-state index in [1.807, 2.05) is 36.4 Å². The fourth-order valence-electron chi connectivity index (χ4n) is 3.01.